The highest BCUT2D eigenvalue weighted by atomic mass is 16.5. The second-order valence-corrected chi connectivity index (χ2v) is 3.72. The van der Waals surface area contributed by atoms with Gasteiger partial charge in [0.15, 0.2) is 11.5 Å². The van der Waals surface area contributed by atoms with Crippen LogP contribution in [-0.2, 0) is 0 Å². The molecule has 0 amide bonds. The van der Waals surface area contributed by atoms with Gasteiger partial charge in [-0.25, -0.2) is 0 Å². The smallest absolute Gasteiger partial charge is 0.163 e. The predicted octanol–water partition coefficient (Wildman–Crippen LogP) is 1.33. The Morgan fingerprint density at radius 3 is 2.89 bits per heavy atom. The number of hydrogen-bond acceptors (Lipinski definition) is 5. The van der Waals surface area contributed by atoms with Crippen molar-refractivity contribution in [3.63, 3.8) is 0 Å². The van der Waals surface area contributed by atoms with Crippen LogP contribution in [0.1, 0.15) is 24.9 Å². The van der Waals surface area contributed by atoms with Gasteiger partial charge in [0.2, 0.25) is 0 Å². The van der Waals surface area contributed by atoms with Gasteiger partial charge in [-0.2, -0.15) is 5.26 Å². The second kappa shape index (κ2) is 7.54. The van der Waals surface area contributed by atoms with Crippen molar-refractivity contribution in [2.75, 3.05) is 19.8 Å². The minimum atomic E-state index is -0.614. The Morgan fingerprint density at radius 2 is 2.28 bits per heavy atom. The molecule has 0 aliphatic rings. The molecule has 3 N–H and O–H groups in total. The van der Waals surface area contributed by atoms with Gasteiger partial charge in [0.1, 0.15) is 6.04 Å². The van der Waals surface area contributed by atoms with E-state index in [2.05, 4.69) is 11.4 Å². The molecule has 18 heavy (non-hydrogen) atoms. The summed E-state index contributed by atoms with van der Waals surface area (Å²) in [5, 5.41) is 30.8. The lowest BCUT2D eigenvalue weighted by atomic mass is 10.1. The van der Waals surface area contributed by atoms with Gasteiger partial charge >= 0.3 is 0 Å². The SMILES string of the molecule is CCOc1cccc(C(C#N)NCCCO)c1O. The van der Waals surface area contributed by atoms with E-state index in [9.17, 15) is 5.11 Å². The monoisotopic (exact) mass is 250 g/mol. The molecule has 1 aromatic carbocycles. The van der Waals surface area contributed by atoms with Gasteiger partial charge in [0.25, 0.3) is 0 Å². The Balaban J connectivity index is 2.85. The Bertz CT molecular complexity index is 415. The van der Waals surface area contributed by atoms with Crippen LogP contribution in [0.2, 0.25) is 0 Å². The number of ether oxygens (including phenoxy) is 1. The van der Waals surface area contributed by atoms with Crippen molar-refractivity contribution in [2.45, 2.75) is 19.4 Å². The molecule has 5 nitrogen and oxygen atoms in total. The van der Waals surface area contributed by atoms with Crippen LogP contribution < -0.4 is 10.1 Å². The Hall–Kier alpha value is -1.77. The van der Waals surface area contributed by atoms with Crippen LogP contribution in [0.25, 0.3) is 0 Å². The molecule has 0 aromatic heterocycles. The molecular formula is C13H18N2O3. The summed E-state index contributed by atoms with van der Waals surface area (Å²) in [6, 6.07) is 6.53. The van der Waals surface area contributed by atoms with Gasteiger partial charge in [-0.05, 0) is 26.0 Å². The lowest BCUT2D eigenvalue weighted by molar-refractivity contribution is 0.284. The molecule has 5 heteroatoms. The van der Waals surface area contributed by atoms with E-state index in [1.165, 1.54) is 0 Å². The molecule has 0 saturated carbocycles. The molecule has 0 bridgehead atoms. The number of aliphatic hydroxyl groups is 1. The Morgan fingerprint density at radius 1 is 1.50 bits per heavy atom. The van der Waals surface area contributed by atoms with Gasteiger partial charge in [-0.15, -0.1) is 0 Å². The topological polar surface area (TPSA) is 85.5 Å². The molecule has 98 valence electrons. The van der Waals surface area contributed by atoms with Crippen LogP contribution in [0.3, 0.4) is 0 Å². The van der Waals surface area contributed by atoms with E-state index in [-0.39, 0.29) is 12.4 Å². The van der Waals surface area contributed by atoms with Crippen LogP contribution in [-0.4, -0.2) is 30.0 Å². The van der Waals surface area contributed by atoms with Gasteiger partial charge in [-0.3, -0.25) is 5.32 Å². The summed E-state index contributed by atoms with van der Waals surface area (Å²) in [6.07, 6.45) is 0.560. The molecule has 0 radical (unpaired) electrons. The van der Waals surface area contributed by atoms with E-state index in [0.717, 1.165) is 0 Å². The molecule has 0 aliphatic heterocycles. The van der Waals surface area contributed by atoms with Gasteiger partial charge in [0, 0.05) is 12.2 Å². The summed E-state index contributed by atoms with van der Waals surface area (Å²) >= 11 is 0. The van der Waals surface area contributed by atoms with E-state index in [1.54, 1.807) is 18.2 Å². The number of para-hydroxylation sites is 1. The van der Waals surface area contributed by atoms with Gasteiger partial charge in [-0.1, -0.05) is 12.1 Å². The fraction of sp³-hybridized carbons (Fsp3) is 0.462. The third-order valence-electron chi connectivity index (χ3n) is 2.45. The molecule has 1 rings (SSSR count). The minimum Gasteiger partial charge on any atom is -0.504 e. The van der Waals surface area contributed by atoms with Crippen molar-refractivity contribution in [1.82, 2.24) is 5.32 Å². The van der Waals surface area contributed by atoms with Crippen LogP contribution in [0.15, 0.2) is 18.2 Å². The maximum atomic E-state index is 10.0. The van der Waals surface area contributed by atoms with Crippen molar-refractivity contribution in [3.05, 3.63) is 23.8 Å². The van der Waals surface area contributed by atoms with E-state index in [0.29, 0.717) is 30.9 Å². The Kier molecular flexibility index (Phi) is 5.98. The van der Waals surface area contributed by atoms with E-state index in [1.807, 2.05) is 6.92 Å². The molecule has 1 atom stereocenters. The fourth-order valence-electron chi connectivity index (χ4n) is 1.59. The second-order valence-electron chi connectivity index (χ2n) is 3.72. The standard InChI is InChI=1S/C13H18N2O3/c1-2-18-12-6-3-5-10(13(12)17)11(9-14)15-7-4-8-16/h3,5-6,11,15-17H,2,4,7-8H2,1H3. The average Bonchev–Trinajstić information content (AvgIpc) is 2.38. The summed E-state index contributed by atoms with van der Waals surface area (Å²) in [4.78, 5) is 0. The molecule has 1 unspecified atom stereocenters. The van der Waals surface area contributed by atoms with Crippen LogP contribution >= 0.6 is 0 Å². The number of aliphatic hydroxyl groups excluding tert-OH is 1. The zero-order valence-corrected chi connectivity index (χ0v) is 10.4. The number of benzene rings is 1. The van der Waals surface area contributed by atoms with Crippen molar-refractivity contribution in [2.24, 2.45) is 0 Å². The molecule has 0 spiro atoms. The maximum absolute atomic E-state index is 10.0. The van der Waals surface area contributed by atoms with Crippen molar-refractivity contribution >= 4 is 0 Å². The number of nitrogens with one attached hydrogen (secondary N) is 1. The number of nitriles is 1. The third kappa shape index (κ3) is 3.62. The molecular weight excluding hydrogens is 232 g/mol. The highest BCUT2D eigenvalue weighted by Gasteiger charge is 2.16. The van der Waals surface area contributed by atoms with Crippen molar-refractivity contribution in [1.29, 1.82) is 5.26 Å². The number of nitrogens with zero attached hydrogens (tertiary/aromatic N) is 1. The maximum Gasteiger partial charge on any atom is 0.163 e. The first-order valence-electron chi connectivity index (χ1n) is 5.93. The summed E-state index contributed by atoms with van der Waals surface area (Å²) in [7, 11) is 0. The van der Waals surface area contributed by atoms with Crippen molar-refractivity contribution in [3.8, 4) is 17.6 Å². The largest absolute Gasteiger partial charge is 0.504 e. The number of phenols is 1. The zero-order chi connectivity index (χ0) is 13.4. The highest BCUT2D eigenvalue weighted by Crippen LogP contribution is 2.33. The fourth-order valence-corrected chi connectivity index (χ4v) is 1.59. The zero-order valence-electron chi connectivity index (χ0n) is 10.4. The quantitative estimate of drug-likeness (QED) is 0.636. The molecule has 0 heterocycles. The molecule has 1 aromatic rings. The van der Waals surface area contributed by atoms with Crippen LogP contribution in [0, 0.1) is 11.3 Å². The average molecular weight is 250 g/mol. The summed E-state index contributed by atoms with van der Waals surface area (Å²) in [6.45, 7) is 2.85. The first kappa shape index (κ1) is 14.3. The van der Waals surface area contributed by atoms with Gasteiger partial charge < -0.3 is 14.9 Å². The molecule has 0 saturated heterocycles. The first-order valence-corrected chi connectivity index (χ1v) is 5.93. The number of hydrogen-bond donors (Lipinski definition) is 3. The number of rotatable bonds is 7. The third-order valence-corrected chi connectivity index (χ3v) is 2.45. The summed E-state index contributed by atoms with van der Waals surface area (Å²) < 4.78 is 5.27. The lowest BCUT2D eigenvalue weighted by Crippen LogP contribution is -2.22. The Labute approximate surface area is 107 Å². The van der Waals surface area contributed by atoms with E-state index >= 15 is 0 Å². The van der Waals surface area contributed by atoms with Crippen LogP contribution in [0.4, 0.5) is 0 Å². The van der Waals surface area contributed by atoms with Crippen LogP contribution in [0.5, 0.6) is 11.5 Å². The summed E-state index contributed by atoms with van der Waals surface area (Å²) in [5.41, 5.74) is 0.487. The van der Waals surface area contributed by atoms with E-state index in [4.69, 9.17) is 15.1 Å². The normalized spacial score (nSPS) is 11.8. The predicted molar refractivity (Wildman–Crippen MR) is 67.3 cm³/mol. The lowest BCUT2D eigenvalue weighted by Gasteiger charge is -2.15. The summed E-state index contributed by atoms with van der Waals surface area (Å²) in [5.74, 6) is 0.363. The highest BCUT2D eigenvalue weighted by molar-refractivity contribution is 5.48. The molecule has 0 aliphatic carbocycles. The van der Waals surface area contributed by atoms with Crippen molar-refractivity contribution < 1.29 is 14.9 Å². The number of phenolic OH excluding ortho intramolecular Hbond substituents is 1. The minimum absolute atomic E-state index is 0.0117. The van der Waals surface area contributed by atoms with Gasteiger partial charge in [0.05, 0.1) is 12.7 Å². The molecule has 0 fully saturated rings. The van der Waals surface area contributed by atoms with E-state index < -0.39 is 6.04 Å². The number of aromatic hydroxyl groups is 1. The first-order chi connectivity index (χ1) is 8.74.